The Morgan fingerprint density at radius 2 is 2.07 bits per heavy atom. The van der Waals surface area contributed by atoms with E-state index in [0.29, 0.717) is 41.9 Å². The number of nitrogens with one attached hydrogen (secondary N) is 4. The molecule has 2 rings (SSSR count). The molecule has 2 aromatic rings. The van der Waals surface area contributed by atoms with Crippen molar-refractivity contribution >= 4 is 29.2 Å². The highest BCUT2D eigenvalue weighted by molar-refractivity contribution is 6.03. The predicted molar refractivity (Wildman–Crippen MR) is 117 cm³/mol. The van der Waals surface area contributed by atoms with Crippen LogP contribution in [0.4, 0.5) is 17.5 Å². The Kier molecular flexibility index (Phi) is 8.14. The summed E-state index contributed by atoms with van der Waals surface area (Å²) in [6.07, 6.45) is 1.46. The molecule has 1 aromatic heterocycles. The van der Waals surface area contributed by atoms with E-state index in [-0.39, 0.29) is 17.3 Å². The molecule has 1 amide bonds. The Balaban J connectivity index is 2.42. The number of nitrogens with two attached hydrogens (primary N) is 2. The van der Waals surface area contributed by atoms with Gasteiger partial charge in [0.1, 0.15) is 11.4 Å². The van der Waals surface area contributed by atoms with Crippen LogP contribution < -0.4 is 37.8 Å². The Bertz CT molecular complexity index is 901. The average Bonchev–Trinajstić information content (AvgIpc) is 2.74. The lowest BCUT2D eigenvalue weighted by Crippen LogP contribution is -2.32. The second kappa shape index (κ2) is 10.8. The monoisotopic (exact) mass is 416 g/mol. The molecule has 1 heterocycles. The summed E-state index contributed by atoms with van der Waals surface area (Å²) < 4.78 is 5.52. The van der Waals surface area contributed by atoms with E-state index in [1.54, 1.807) is 25.2 Å². The summed E-state index contributed by atoms with van der Waals surface area (Å²) >= 11 is 0. The molecule has 0 aliphatic carbocycles. The summed E-state index contributed by atoms with van der Waals surface area (Å²) in [5.41, 5.74) is 3.78. The topological polar surface area (TPSA) is 168 Å². The summed E-state index contributed by atoms with van der Waals surface area (Å²) in [6.45, 7) is 1.18. The molecule has 162 valence electrons. The third-order valence-electron chi connectivity index (χ3n) is 4.09. The number of aromatic nitrogens is 2. The van der Waals surface area contributed by atoms with Crippen molar-refractivity contribution in [1.29, 1.82) is 0 Å². The number of likely N-dealkylation sites (N-methyl/N-ethyl adjacent to an activating group) is 1. The summed E-state index contributed by atoms with van der Waals surface area (Å²) in [5.74, 6) is 11.9. The number of nitrogens with zero attached hydrogens (tertiary/aromatic N) is 4. The maximum atomic E-state index is 12.7. The van der Waals surface area contributed by atoms with Crippen molar-refractivity contribution in [2.75, 3.05) is 52.0 Å². The molecule has 12 heteroatoms. The first-order valence-electron chi connectivity index (χ1n) is 9.11. The first-order valence-corrected chi connectivity index (χ1v) is 9.11. The van der Waals surface area contributed by atoms with E-state index < -0.39 is 0 Å². The van der Waals surface area contributed by atoms with Crippen molar-refractivity contribution in [3.8, 4) is 5.75 Å². The van der Waals surface area contributed by atoms with Crippen LogP contribution >= 0.6 is 0 Å². The summed E-state index contributed by atoms with van der Waals surface area (Å²) in [7, 11) is 7.05. The van der Waals surface area contributed by atoms with Crippen molar-refractivity contribution in [3.63, 3.8) is 0 Å². The van der Waals surface area contributed by atoms with Crippen molar-refractivity contribution in [2.24, 2.45) is 16.8 Å². The predicted octanol–water partition coefficient (Wildman–Crippen LogP) is -0.354. The number of hydrogen-bond acceptors (Lipinski definition) is 10. The fourth-order valence-electron chi connectivity index (χ4n) is 2.61. The molecule has 8 N–H and O–H groups in total. The van der Waals surface area contributed by atoms with Crippen LogP contribution in [0.5, 0.6) is 5.75 Å². The van der Waals surface area contributed by atoms with Gasteiger partial charge in [-0.2, -0.15) is 10.1 Å². The highest BCUT2D eigenvalue weighted by Gasteiger charge is 2.19. The van der Waals surface area contributed by atoms with Crippen molar-refractivity contribution in [1.82, 2.24) is 25.6 Å². The molecule has 0 bridgehead atoms. The number of benzene rings is 1. The van der Waals surface area contributed by atoms with Crippen molar-refractivity contribution in [3.05, 3.63) is 35.5 Å². The number of amides is 1. The number of rotatable bonds is 9. The standard InChI is InChI=1S/C18H28N10O2/c1-21-18-23-10-12(17(29)22-8-9-28(2)3)15(25-18)24-13-7-5-6-11(14(13)30-4)16(26-19)27-20/h5-7,10H,8-9,19-20H2,1-4H3,(H,22,29)(H,26,27)(H2,21,23,24,25). The normalized spacial score (nSPS) is 11.2. The zero-order valence-corrected chi connectivity index (χ0v) is 17.5. The van der Waals surface area contributed by atoms with Gasteiger partial charge in [-0.3, -0.25) is 4.79 Å². The van der Waals surface area contributed by atoms with E-state index >= 15 is 0 Å². The molecule has 1 aromatic carbocycles. The molecule has 0 saturated carbocycles. The Morgan fingerprint density at radius 1 is 1.30 bits per heavy atom. The molecule has 30 heavy (non-hydrogen) atoms. The van der Waals surface area contributed by atoms with Crippen LogP contribution in [0, 0.1) is 0 Å². The molecule has 0 unspecified atom stereocenters. The molecular formula is C18H28N10O2. The zero-order chi connectivity index (χ0) is 22.1. The average molecular weight is 416 g/mol. The lowest BCUT2D eigenvalue weighted by molar-refractivity contribution is 0.0951. The van der Waals surface area contributed by atoms with Crippen LogP contribution in [-0.4, -0.2) is 68.0 Å². The van der Waals surface area contributed by atoms with Gasteiger partial charge in [-0.15, -0.1) is 0 Å². The third-order valence-corrected chi connectivity index (χ3v) is 4.09. The molecule has 0 aliphatic heterocycles. The van der Waals surface area contributed by atoms with Gasteiger partial charge in [0, 0.05) is 26.3 Å². The quantitative estimate of drug-likeness (QED) is 0.137. The van der Waals surface area contributed by atoms with Crippen molar-refractivity contribution < 1.29 is 9.53 Å². The van der Waals surface area contributed by atoms with E-state index in [9.17, 15) is 4.79 Å². The number of carbonyl (C=O) groups excluding carboxylic acids is 1. The lowest BCUT2D eigenvalue weighted by atomic mass is 10.1. The van der Waals surface area contributed by atoms with E-state index in [1.165, 1.54) is 13.3 Å². The van der Waals surface area contributed by atoms with Crippen LogP contribution in [0.25, 0.3) is 0 Å². The number of carbonyl (C=O) groups is 1. The Hall–Kier alpha value is -3.64. The molecule has 0 radical (unpaired) electrons. The fraction of sp³-hybridized carbons (Fsp3) is 0.333. The van der Waals surface area contributed by atoms with Crippen LogP contribution in [0.15, 0.2) is 29.5 Å². The van der Waals surface area contributed by atoms with Gasteiger partial charge in [-0.1, -0.05) is 6.07 Å². The van der Waals surface area contributed by atoms with Gasteiger partial charge in [0.25, 0.3) is 5.91 Å². The largest absolute Gasteiger partial charge is 0.494 e. The van der Waals surface area contributed by atoms with Crippen LogP contribution in [-0.2, 0) is 0 Å². The summed E-state index contributed by atoms with van der Waals surface area (Å²) in [5, 5.41) is 12.5. The highest BCUT2D eigenvalue weighted by Crippen LogP contribution is 2.32. The number of amidine groups is 1. The SMILES string of the molecule is CNc1ncc(C(=O)NCCN(C)C)c(Nc2cccc(/C(=N/N)NN)c2OC)n1. The minimum absolute atomic E-state index is 0.232. The maximum absolute atomic E-state index is 12.7. The van der Waals surface area contributed by atoms with Crippen LogP contribution in [0.2, 0.25) is 0 Å². The fourth-order valence-corrected chi connectivity index (χ4v) is 2.61. The van der Waals surface area contributed by atoms with Gasteiger partial charge in [0.2, 0.25) is 5.95 Å². The number of ether oxygens (including phenoxy) is 1. The second-order valence-electron chi connectivity index (χ2n) is 6.40. The number of hydrogen-bond donors (Lipinski definition) is 6. The lowest BCUT2D eigenvalue weighted by Gasteiger charge is -2.17. The molecule has 0 aliphatic rings. The second-order valence-corrected chi connectivity index (χ2v) is 6.40. The Labute approximate surface area is 175 Å². The number of hydrazine groups is 1. The summed E-state index contributed by atoms with van der Waals surface area (Å²) in [4.78, 5) is 23.2. The van der Waals surface area contributed by atoms with Gasteiger partial charge < -0.3 is 36.9 Å². The first kappa shape index (κ1) is 22.6. The summed E-state index contributed by atoms with van der Waals surface area (Å²) in [6, 6.07) is 5.27. The first-order chi connectivity index (χ1) is 14.4. The number of hydrazone groups is 1. The van der Waals surface area contributed by atoms with Gasteiger partial charge >= 0.3 is 0 Å². The molecule has 12 nitrogen and oxygen atoms in total. The molecule has 0 saturated heterocycles. The van der Waals surface area contributed by atoms with E-state index in [1.807, 2.05) is 19.0 Å². The van der Waals surface area contributed by atoms with Crippen LogP contribution in [0.1, 0.15) is 15.9 Å². The number of methoxy groups -OCH3 is 1. The van der Waals surface area contributed by atoms with Gasteiger partial charge in [0.05, 0.1) is 18.4 Å². The van der Waals surface area contributed by atoms with E-state index in [0.717, 1.165) is 0 Å². The molecule has 0 spiro atoms. The minimum atomic E-state index is -0.301. The van der Waals surface area contributed by atoms with Crippen molar-refractivity contribution in [2.45, 2.75) is 0 Å². The van der Waals surface area contributed by atoms with Gasteiger partial charge in [0.15, 0.2) is 11.6 Å². The smallest absolute Gasteiger partial charge is 0.256 e. The number of anilines is 3. The van der Waals surface area contributed by atoms with Gasteiger partial charge in [-0.25, -0.2) is 10.8 Å². The van der Waals surface area contributed by atoms with Crippen LogP contribution in [0.3, 0.4) is 0 Å². The maximum Gasteiger partial charge on any atom is 0.256 e. The highest BCUT2D eigenvalue weighted by atomic mass is 16.5. The number of para-hydroxylation sites is 1. The zero-order valence-electron chi connectivity index (χ0n) is 17.5. The van der Waals surface area contributed by atoms with E-state index in [2.05, 4.69) is 36.4 Å². The third kappa shape index (κ3) is 5.46. The molecule has 0 fully saturated rings. The minimum Gasteiger partial charge on any atom is -0.494 e. The van der Waals surface area contributed by atoms with E-state index in [4.69, 9.17) is 16.4 Å². The Morgan fingerprint density at radius 3 is 2.67 bits per heavy atom. The van der Waals surface area contributed by atoms with Gasteiger partial charge in [-0.05, 0) is 26.2 Å². The molecular weight excluding hydrogens is 388 g/mol. The molecule has 0 atom stereocenters.